The molecule has 7 heteroatoms. The number of benzene rings is 3. The summed E-state index contributed by atoms with van der Waals surface area (Å²) in [5, 5.41) is 23.6. The Morgan fingerprint density at radius 1 is 1.00 bits per heavy atom. The molecule has 7 nitrogen and oxygen atoms in total. The molecule has 1 fully saturated rings. The molecule has 1 amide bonds. The number of carbonyl (C=O) groups is 2. The van der Waals surface area contributed by atoms with Crippen molar-refractivity contribution < 1.29 is 29.4 Å². The van der Waals surface area contributed by atoms with Crippen molar-refractivity contribution in [1.82, 2.24) is 4.90 Å². The Labute approximate surface area is 223 Å². The van der Waals surface area contributed by atoms with Gasteiger partial charge in [-0.2, -0.15) is 0 Å². The van der Waals surface area contributed by atoms with Crippen LogP contribution in [0.25, 0.3) is 5.76 Å². The molecule has 0 bridgehead atoms. The molecule has 0 radical (unpaired) electrons. The topological polar surface area (TPSA) is 94.3 Å². The minimum atomic E-state index is -0.813. The van der Waals surface area contributed by atoms with E-state index in [9.17, 15) is 19.8 Å². The number of quaternary nitrogens is 1. The minimum absolute atomic E-state index is 0.0590. The fourth-order valence-corrected chi connectivity index (χ4v) is 4.85. The molecule has 38 heavy (non-hydrogen) atoms. The fourth-order valence-electron chi connectivity index (χ4n) is 4.85. The average Bonchev–Trinajstić information content (AvgIpc) is 3.18. The van der Waals surface area contributed by atoms with Gasteiger partial charge in [-0.05, 0) is 67.3 Å². The summed E-state index contributed by atoms with van der Waals surface area (Å²) in [5.74, 6) is -1.23. The molecule has 1 saturated heterocycles. The lowest BCUT2D eigenvalue weighted by molar-refractivity contribution is -0.895. The third-order valence-corrected chi connectivity index (χ3v) is 7.14. The van der Waals surface area contributed by atoms with Gasteiger partial charge >= 0.3 is 0 Å². The van der Waals surface area contributed by atoms with Crippen molar-refractivity contribution in [1.29, 1.82) is 0 Å². The number of rotatable bonds is 10. The Morgan fingerprint density at radius 2 is 1.68 bits per heavy atom. The molecule has 0 spiro atoms. The molecule has 1 atom stereocenters. The Kier molecular flexibility index (Phi) is 8.48. The molecule has 0 aromatic heterocycles. The number of aryl methyl sites for hydroxylation is 1. The average molecular weight is 515 g/mol. The molecule has 4 rings (SSSR count). The smallest absolute Gasteiger partial charge is 0.295 e. The van der Waals surface area contributed by atoms with E-state index in [0.717, 1.165) is 18.7 Å². The number of likely N-dealkylation sites (N-methyl/N-ethyl adjacent to an activating group) is 1. The molecule has 1 unspecified atom stereocenters. The van der Waals surface area contributed by atoms with Gasteiger partial charge in [0.2, 0.25) is 5.78 Å². The van der Waals surface area contributed by atoms with Crippen LogP contribution in [0.15, 0.2) is 78.4 Å². The highest BCUT2D eigenvalue weighted by atomic mass is 16.5. The van der Waals surface area contributed by atoms with Gasteiger partial charge in [0, 0.05) is 5.57 Å². The second-order valence-corrected chi connectivity index (χ2v) is 9.52. The van der Waals surface area contributed by atoms with Crippen molar-refractivity contribution in [3.63, 3.8) is 0 Å². The van der Waals surface area contributed by atoms with Crippen LogP contribution in [0.5, 0.6) is 11.5 Å². The molecule has 1 aliphatic heterocycles. The predicted molar refractivity (Wildman–Crippen MR) is 143 cm³/mol. The quantitative estimate of drug-likeness (QED) is 0.246. The molecular weight excluding hydrogens is 480 g/mol. The maximum Gasteiger partial charge on any atom is 0.295 e. The standard InChI is InChI=1S/C31H34N2O5/c1-4-32(5-2)17-18-33-28(23-11-13-24(34)14-12-23)27(30(36)31(33)37)29(35)26-16-15-25(19-21(26)3)38-20-22-9-7-6-8-10-22/h6-16,19,28,34-35H,4-5,17-18,20H2,1-3H3/b29-27+. The molecule has 198 valence electrons. The number of amides is 1. The summed E-state index contributed by atoms with van der Waals surface area (Å²) in [4.78, 5) is 29.2. The lowest BCUT2D eigenvalue weighted by Crippen LogP contribution is -3.12. The Morgan fingerprint density at radius 3 is 2.32 bits per heavy atom. The zero-order valence-electron chi connectivity index (χ0n) is 22.1. The van der Waals surface area contributed by atoms with Crippen LogP contribution in [0.4, 0.5) is 0 Å². The van der Waals surface area contributed by atoms with Crippen LogP contribution < -0.4 is 14.7 Å². The number of carbonyl (C=O) groups excluding carboxylic acids is 2. The summed E-state index contributed by atoms with van der Waals surface area (Å²) in [7, 11) is 0. The van der Waals surface area contributed by atoms with E-state index in [2.05, 4.69) is 13.8 Å². The number of likely N-dealkylation sites (tertiary alicyclic amines) is 1. The maximum absolute atomic E-state index is 13.8. The number of hydrogen-bond donors (Lipinski definition) is 2. The van der Waals surface area contributed by atoms with Gasteiger partial charge < -0.3 is 24.7 Å². The van der Waals surface area contributed by atoms with E-state index in [1.54, 1.807) is 37.3 Å². The van der Waals surface area contributed by atoms with Gasteiger partial charge in [-0.25, -0.2) is 0 Å². The SMILES string of the molecule is CC[NH+](CC)CCN1C(=O)C(=O)/C(=C(/[O-])c2ccc(OCc3ccccc3)cc2C)C1c1ccc(O)cc1. The summed E-state index contributed by atoms with van der Waals surface area (Å²) in [6, 6.07) is 20.4. The second-order valence-electron chi connectivity index (χ2n) is 9.52. The number of nitrogens with one attached hydrogen (secondary N) is 1. The molecule has 3 aromatic rings. The fraction of sp³-hybridized carbons (Fsp3) is 0.290. The highest BCUT2D eigenvalue weighted by Crippen LogP contribution is 2.39. The molecule has 1 heterocycles. The van der Waals surface area contributed by atoms with Gasteiger partial charge in [0.05, 0.1) is 32.2 Å². The third kappa shape index (κ3) is 5.73. The van der Waals surface area contributed by atoms with Crippen molar-refractivity contribution in [2.45, 2.75) is 33.4 Å². The minimum Gasteiger partial charge on any atom is -0.872 e. The highest BCUT2D eigenvalue weighted by Gasteiger charge is 2.44. The largest absolute Gasteiger partial charge is 0.872 e. The number of hydrogen-bond acceptors (Lipinski definition) is 5. The van der Waals surface area contributed by atoms with Gasteiger partial charge in [0.1, 0.15) is 18.1 Å². The molecule has 2 N–H and O–H groups in total. The molecule has 3 aromatic carbocycles. The van der Waals surface area contributed by atoms with Crippen LogP contribution in [0, 0.1) is 6.92 Å². The predicted octanol–water partition coefficient (Wildman–Crippen LogP) is 2.43. The van der Waals surface area contributed by atoms with E-state index in [0.29, 0.717) is 42.1 Å². The van der Waals surface area contributed by atoms with E-state index in [1.807, 2.05) is 30.3 Å². The molecule has 0 aliphatic carbocycles. The van der Waals surface area contributed by atoms with E-state index in [-0.39, 0.29) is 11.3 Å². The number of phenolic OH excluding ortho intramolecular Hbond substituents is 1. The van der Waals surface area contributed by atoms with Crippen LogP contribution in [-0.2, 0) is 16.2 Å². The number of aromatic hydroxyl groups is 1. The van der Waals surface area contributed by atoms with Crippen LogP contribution in [0.1, 0.15) is 42.1 Å². The Hall–Kier alpha value is -4.10. The normalized spacial score (nSPS) is 16.8. The number of phenols is 1. The van der Waals surface area contributed by atoms with Crippen molar-refractivity contribution in [2.24, 2.45) is 0 Å². The number of ketones is 1. The summed E-state index contributed by atoms with van der Waals surface area (Å²) < 4.78 is 5.89. The zero-order chi connectivity index (χ0) is 27.2. The molecule has 0 saturated carbocycles. The first-order chi connectivity index (χ1) is 18.3. The monoisotopic (exact) mass is 514 g/mol. The van der Waals surface area contributed by atoms with Crippen molar-refractivity contribution >= 4 is 17.4 Å². The summed E-state index contributed by atoms with van der Waals surface area (Å²) >= 11 is 0. The van der Waals surface area contributed by atoms with Gasteiger partial charge in [-0.3, -0.25) is 9.59 Å². The first-order valence-corrected chi connectivity index (χ1v) is 13.0. The van der Waals surface area contributed by atoms with Crippen molar-refractivity contribution in [3.8, 4) is 11.5 Å². The van der Waals surface area contributed by atoms with E-state index in [1.165, 1.54) is 21.9 Å². The Bertz CT molecular complexity index is 1310. The van der Waals surface area contributed by atoms with E-state index < -0.39 is 23.5 Å². The molecule has 1 aliphatic rings. The van der Waals surface area contributed by atoms with E-state index >= 15 is 0 Å². The summed E-state index contributed by atoms with van der Waals surface area (Å²) in [6.07, 6.45) is 0. The van der Waals surface area contributed by atoms with Crippen LogP contribution in [-0.4, -0.2) is 47.9 Å². The summed E-state index contributed by atoms with van der Waals surface area (Å²) in [6.45, 7) is 9.12. The maximum atomic E-state index is 13.8. The van der Waals surface area contributed by atoms with Gasteiger partial charge in [-0.15, -0.1) is 0 Å². The van der Waals surface area contributed by atoms with Crippen LogP contribution in [0.3, 0.4) is 0 Å². The highest BCUT2D eigenvalue weighted by molar-refractivity contribution is 6.46. The number of Topliss-reactive ketones (excluding diaryl/α,β-unsaturated/α-hetero) is 1. The lowest BCUT2D eigenvalue weighted by Gasteiger charge is -2.29. The van der Waals surface area contributed by atoms with E-state index in [4.69, 9.17) is 4.74 Å². The second kappa shape index (κ2) is 12.0. The van der Waals surface area contributed by atoms with Crippen LogP contribution in [0.2, 0.25) is 0 Å². The van der Waals surface area contributed by atoms with Crippen LogP contribution >= 0.6 is 0 Å². The first-order valence-electron chi connectivity index (χ1n) is 13.0. The molecular formula is C31H34N2O5. The number of nitrogens with zero attached hydrogens (tertiary/aromatic N) is 1. The lowest BCUT2D eigenvalue weighted by atomic mass is 9.94. The third-order valence-electron chi connectivity index (χ3n) is 7.14. The van der Waals surface area contributed by atoms with Gasteiger partial charge in [0.15, 0.2) is 0 Å². The van der Waals surface area contributed by atoms with Gasteiger partial charge in [0.25, 0.3) is 5.91 Å². The van der Waals surface area contributed by atoms with Crippen molar-refractivity contribution in [3.05, 3.63) is 101 Å². The van der Waals surface area contributed by atoms with Crippen molar-refractivity contribution in [2.75, 3.05) is 26.2 Å². The first kappa shape index (κ1) is 26.9. The van der Waals surface area contributed by atoms with Gasteiger partial charge in [-0.1, -0.05) is 54.3 Å². The summed E-state index contributed by atoms with van der Waals surface area (Å²) in [5.41, 5.74) is 2.59. The Balaban J connectivity index is 1.69. The number of ether oxygens (including phenoxy) is 1. The zero-order valence-corrected chi connectivity index (χ0v) is 22.1.